The summed E-state index contributed by atoms with van der Waals surface area (Å²) in [5, 5.41) is 0. The second-order valence-electron chi connectivity index (χ2n) is 6.80. The van der Waals surface area contributed by atoms with Gasteiger partial charge in [-0.3, -0.25) is 0 Å². The molecule has 1 aromatic heterocycles. The van der Waals surface area contributed by atoms with Gasteiger partial charge in [-0.25, -0.2) is 4.98 Å². The van der Waals surface area contributed by atoms with Crippen LogP contribution >= 0.6 is 0 Å². The number of hydrogen-bond acceptors (Lipinski definition) is 1. The third-order valence-electron chi connectivity index (χ3n) is 3.87. The van der Waals surface area contributed by atoms with E-state index < -0.39 is 0 Å². The van der Waals surface area contributed by atoms with E-state index in [1.807, 2.05) is 0 Å². The van der Waals surface area contributed by atoms with Gasteiger partial charge in [-0.05, 0) is 29.5 Å². The van der Waals surface area contributed by atoms with E-state index in [2.05, 4.69) is 64.7 Å². The number of imidazole rings is 1. The van der Waals surface area contributed by atoms with Crippen molar-refractivity contribution in [2.75, 3.05) is 0 Å². The summed E-state index contributed by atoms with van der Waals surface area (Å²) in [7, 11) is 0. The number of nitrogens with one attached hydrogen (secondary N) is 1. The zero-order valence-corrected chi connectivity index (χ0v) is 12.4. The van der Waals surface area contributed by atoms with Crippen LogP contribution in [0.4, 0.5) is 0 Å². The number of aromatic nitrogens is 2. The molecule has 1 aromatic carbocycles. The molecule has 0 saturated carbocycles. The van der Waals surface area contributed by atoms with Crippen LogP contribution in [0.3, 0.4) is 0 Å². The van der Waals surface area contributed by atoms with E-state index in [4.69, 9.17) is 4.98 Å². The van der Waals surface area contributed by atoms with Crippen LogP contribution in [-0.4, -0.2) is 9.97 Å². The molecule has 0 unspecified atom stereocenters. The molecule has 2 nitrogen and oxygen atoms in total. The second kappa shape index (κ2) is 4.11. The standard InChI is InChI=1S/C16H24N2/c1-7-16(5,6)14-17-12-9-8-11(15(2,3)4)10-13(12)18-14/h8-10H,7H2,1-6H3,(H,17,18). The zero-order valence-electron chi connectivity index (χ0n) is 12.4. The van der Waals surface area contributed by atoms with Gasteiger partial charge in [-0.1, -0.05) is 47.6 Å². The molecule has 1 N–H and O–H groups in total. The molecule has 2 heteroatoms. The Labute approximate surface area is 110 Å². The molecule has 0 amide bonds. The predicted molar refractivity (Wildman–Crippen MR) is 78.1 cm³/mol. The maximum absolute atomic E-state index is 4.77. The lowest BCUT2D eigenvalue weighted by Gasteiger charge is -2.19. The van der Waals surface area contributed by atoms with Gasteiger partial charge in [0.15, 0.2) is 0 Å². The predicted octanol–water partition coefficient (Wildman–Crippen LogP) is 4.55. The van der Waals surface area contributed by atoms with Gasteiger partial charge in [0.2, 0.25) is 0 Å². The Morgan fingerprint density at radius 3 is 2.33 bits per heavy atom. The van der Waals surface area contributed by atoms with E-state index in [1.165, 1.54) is 5.56 Å². The average Bonchev–Trinajstić information content (AvgIpc) is 2.71. The van der Waals surface area contributed by atoms with Crippen LogP contribution < -0.4 is 0 Å². The maximum atomic E-state index is 4.77. The van der Waals surface area contributed by atoms with Crippen molar-refractivity contribution in [1.29, 1.82) is 0 Å². The molecule has 2 rings (SSSR count). The molecule has 0 saturated heterocycles. The van der Waals surface area contributed by atoms with Crippen LogP contribution in [0.5, 0.6) is 0 Å². The molecule has 0 aliphatic rings. The van der Waals surface area contributed by atoms with Crippen LogP contribution in [0.25, 0.3) is 11.0 Å². The van der Waals surface area contributed by atoms with Crippen molar-refractivity contribution in [3.8, 4) is 0 Å². The zero-order chi connectivity index (χ0) is 13.6. The molecule has 0 aliphatic carbocycles. The van der Waals surface area contributed by atoms with Gasteiger partial charge in [0.25, 0.3) is 0 Å². The van der Waals surface area contributed by atoms with Crippen molar-refractivity contribution in [1.82, 2.24) is 9.97 Å². The fourth-order valence-electron chi connectivity index (χ4n) is 1.96. The highest BCUT2D eigenvalue weighted by Gasteiger charge is 2.22. The molecule has 0 radical (unpaired) electrons. The summed E-state index contributed by atoms with van der Waals surface area (Å²) in [6.07, 6.45) is 1.08. The number of nitrogens with zero attached hydrogens (tertiary/aromatic N) is 1. The lowest BCUT2D eigenvalue weighted by Crippen LogP contribution is -2.17. The number of aromatic amines is 1. The first kappa shape index (κ1) is 13.1. The Kier molecular flexibility index (Phi) is 3.00. The van der Waals surface area contributed by atoms with Crippen molar-refractivity contribution in [2.45, 2.75) is 58.8 Å². The Balaban J connectivity index is 2.53. The van der Waals surface area contributed by atoms with Crippen molar-refractivity contribution in [2.24, 2.45) is 0 Å². The highest BCUT2D eigenvalue weighted by molar-refractivity contribution is 5.76. The number of H-pyrrole nitrogens is 1. The molecule has 98 valence electrons. The molecule has 18 heavy (non-hydrogen) atoms. The summed E-state index contributed by atoms with van der Waals surface area (Å²) in [5.41, 5.74) is 3.84. The first-order valence-electron chi connectivity index (χ1n) is 6.75. The van der Waals surface area contributed by atoms with E-state index in [-0.39, 0.29) is 10.8 Å². The van der Waals surface area contributed by atoms with Crippen LogP contribution in [0, 0.1) is 0 Å². The fraction of sp³-hybridized carbons (Fsp3) is 0.562. The molecule has 2 aromatic rings. The second-order valence-corrected chi connectivity index (χ2v) is 6.80. The van der Waals surface area contributed by atoms with Crippen molar-refractivity contribution in [3.63, 3.8) is 0 Å². The van der Waals surface area contributed by atoms with Crippen LogP contribution in [0.1, 0.15) is 59.4 Å². The largest absolute Gasteiger partial charge is 0.342 e. The first-order chi connectivity index (χ1) is 8.24. The normalized spacial score (nSPS) is 13.2. The molecule has 0 atom stereocenters. The number of hydrogen-bond donors (Lipinski definition) is 1. The van der Waals surface area contributed by atoms with Gasteiger partial charge in [0, 0.05) is 5.41 Å². The Morgan fingerprint density at radius 2 is 1.78 bits per heavy atom. The first-order valence-corrected chi connectivity index (χ1v) is 6.75. The summed E-state index contributed by atoms with van der Waals surface area (Å²) in [5.74, 6) is 1.09. The monoisotopic (exact) mass is 244 g/mol. The third-order valence-corrected chi connectivity index (χ3v) is 3.87. The van der Waals surface area contributed by atoms with Gasteiger partial charge < -0.3 is 4.98 Å². The minimum atomic E-state index is 0.112. The Morgan fingerprint density at radius 1 is 1.11 bits per heavy atom. The van der Waals surface area contributed by atoms with Gasteiger partial charge in [0.05, 0.1) is 11.0 Å². The minimum absolute atomic E-state index is 0.112. The molecule has 0 bridgehead atoms. The van der Waals surface area contributed by atoms with E-state index in [9.17, 15) is 0 Å². The molecular formula is C16H24N2. The average molecular weight is 244 g/mol. The van der Waals surface area contributed by atoms with E-state index in [0.29, 0.717) is 0 Å². The van der Waals surface area contributed by atoms with Crippen LogP contribution in [0.2, 0.25) is 0 Å². The van der Waals surface area contributed by atoms with E-state index in [1.54, 1.807) is 0 Å². The van der Waals surface area contributed by atoms with Crippen molar-refractivity contribution < 1.29 is 0 Å². The Hall–Kier alpha value is -1.31. The van der Waals surface area contributed by atoms with Crippen LogP contribution in [-0.2, 0) is 10.8 Å². The highest BCUT2D eigenvalue weighted by Crippen LogP contribution is 2.29. The van der Waals surface area contributed by atoms with E-state index >= 15 is 0 Å². The molecule has 1 heterocycles. The number of benzene rings is 1. The van der Waals surface area contributed by atoms with Crippen molar-refractivity contribution in [3.05, 3.63) is 29.6 Å². The molecular weight excluding hydrogens is 220 g/mol. The lowest BCUT2D eigenvalue weighted by atomic mass is 9.87. The van der Waals surface area contributed by atoms with Gasteiger partial charge in [-0.2, -0.15) is 0 Å². The topological polar surface area (TPSA) is 28.7 Å². The van der Waals surface area contributed by atoms with Gasteiger partial charge in [-0.15, -0.1) is 0 Å². The Bertz CT molecular complexity index is 556. The van der Waals surface area contributed by atoms with Crippen molar-refractivity contribution >= 4 is 11.0 Å². The van der Waals surface area contributed by atoms with Crippen LogP contribution in [0.15, 0.2) is 18.2 Å². The van der Waals surface area contributed by atoms with E-state index in [0.717, 1.165) is 23.3 Å². The fourth-order valence-corrected chi connectivity index (χ4v) is 1.96. The number of rotatable bonds is 2. The quantitative estimate of drug-likeness (QED) is 0.825. The highest BCUT2D eigenvalue weighted by atomic mass is 14.9. The SMILES string of the molecule is CCC(C)(C)c1nc2cc(C(C)(C)C)ccc2[nH]1. The van der Waals surface area contributed by atoms with Gasteiger partial charge >= 0.3 is 0 Å². The lowest BCUT2D eigenvalue weighted by molar-refractivity contribution is 0.479. The summed E-state index contributed by atoms with van der Waals surface area (Å²) in [4.78, 5) is 8.23. The van der Waals surface area contributed by atoms with Gasteiger partial charge in [0.1, 0.15) is 5.82 Å². The smallest absolute Gasteiger partial charge is 0.112 e. The third kappa shape index (κ3) is 2.29. The molecule has 0 aliphatic heterocycles. The summed E-state index contributed by atoms with van der Waals surface area (Å²) in [6, 6.07) is 6.56. The minimum Gasteiger partial charge on any atom is -0.342 e. The number of fused-ring (bicyclic) bond motifs is 1. The summed E-state index contributed by atoms with van der Waals surface area (Å²) >= 11 is 0. The maximum Gasteiger partial charge on any atom is 0.112 e. The summed E-state index contributed by atoms with van der Waals surface area (Å²) < 4.78 is 0. The summed E-state index contributed by atoms with van der Waals surface area (Å²) in [6.45, 7) is 13.4. The molecule has 0 fully saturated rings. The molecule has 0 spiro atoms.